The largest absolute Gasteiger partial charge is 0.357 e. The minimum Gasteiger partial charge on any atom is -0.357 e. The van der Waals surface area contributed by atoms with Gasteiger partial charge in [0.1, 0.15) is 0 Å². The van der Waals surface area contributed by atoms with E-state index < -0.39 is 0 Å². The van der Waals surface area contributed by atoms with E-state index in [1.54, 1.807) is 0 Å². The van der Waals surface area contributed by atoms with Crippen molar-refractivity contribution in [2.75, 3.05) is 26.7 Å². The highest BCUT2D eigenvalue weighted by Crippen LogP contribution is 2.15. The number of rotatable bonds is 8. The van der Waals surface area contributed by atoms with Crippen molar-refractivity contribution in [1.82, 2.24) is 20.1 Å². The van der Waals surface area contributed by atoms with Crippen molar-refractivity contribution in [3.63, 3.8) is 0 Å². The fraction of sp³-hybridized carbons (Fsp3) is 0.444. The van der Waals surface area contributed by atoms with Gasteiger partial charge in [-0.1, -0.05) is 6.07 Å². The average molecular weight is 440 g/mol. The van der Waals surface area contributed by atoms with Crippen molar-refractivity contribution >= 4 is 39.1 Å². The maximum atomic E-state index is 11.9. The Balaban J connectivity index is 1.81. The lowest BCUT2D eigenvalue weighted by molar-refractivity contribution is 0.0957. The summed E-state index contributed by atoms with van der Waals surface area (Å²) >= 11 is 4.96. The van der Waals surface area contributed by atoms with Crippen LogP contribution in [-0.4, -0.2) is 48.0 Å². The highest BCUT2D eigenvalue weighted by molar-refractivity contribution is 9.10. The van der Waals surface area contributed by atoms with Gasteiger partial charge in [0.15, 0.2) is 5.96 Å². The van der Waals surface area contributed by atoms with Crippen LogP contribution in [-0.2, 0) is 13.6 Å². The Kier molecular flexibility index (Phi) is 8.18. The molecule has 142 valence electrons. The van der Waals surface area contributed by atoms with Gasteiger partial charge in [0.25, 0.3) is 5.91 Å². The van der Waals surface area contributed by atoms with E-state index in [-0.39, 0.29) is 5.91 Å². The number of nitrogens with zero attached hydrogens (tertiary/aromatic N) is 3. The third-order valence-corrected chi connectivity index (χ3v) is 5.10. The zero-order valence-corrected chi connectivity index (χ0v) is 17.9. The summed E-state index contributed by atoms with van der Waals surface area (Å²) in [7, 11) is 4.06. The Morgan fingerprint density at radius 3 is 2.85 bits per heavy atom. The van der Waals surface area contributed by atoms with Crippen LogP contribution in [0.4, 0.5) is 0 Å². The quantitative estimate of drug-likeness (QED) is 0.377. The van der Waals surface area contributed by atoms with E-state index in [1.807, 2.05) is 37.8 Å². The number of aromatic nitrogens is 1. The highest BCUT2D eigenvalue weighted by Gasteiger charge is 2.09. The second kappa shape index (κ2) is 10.4. The maximum Gasteiger partial charge on any atom is 0.261 e. The van der Waals surface area contributed by atoms with Crippen LogP contribution >= 0.6 is 27.3 Å². The average Bonchev–Trinajstić information content (AvgIpc) is 3.23. The van der Waals surface area contributed by atoms with Crippen molar-refractivity contribution in [3.8, 4) is 0 Å². The van der Waals surface area contributed by atoms with E-state index in [4.69, 9.17) is 0 Å². The predicted molar refractivity (Wildman–Crippen MR) is 112 cm³/mol. The molecule has 2 heterocycles. The number of guanidine groups is 1. The monoisotopic (exact) mass is 439 g/mol. The summed E-state index contributed by atoms with van der Waals surface area (Å²) < 4.78 is 3.18. The lowest BCUT2D eigenvalue weighted by Gasteiger charge is -2.22. The Morgan fingerprint density at radius 2 is 2.23 bits per heavy atom. The van der Waals surface area contributed by atoms with Crippen LogP contribution in [0.25, 0.3) is 0 Å². The molecule has 0 aliphatic heterocycles. The van der Waals surface area contributed by atoms with Gasteiger partial charge in [-0.15, -0.1) is 11.3 Å². The minimum absolute atomic E-state index is 0.0118. The van der Waals surface area contributed by atoms with Crippen molar-refractivity contribution in [3.05, 3.63) is 44.8 Å². The summed E-state index contributed by atoms with van der Waals surface area (Å²) in [5, 5.41) is 8.16. The molecule has 2 N–H and O–H groups in total. The van der Waals surface area contributed by atoms with Gasteiger partial charge in [-0.25, -0.2) is 0 Å². The summed E-state index contributed by atoms with van der Waals surface area (Å²) in [5.41, 5.74) is 1.20. The molecular formula is C18H26BrN5OS. The van der Waals surface area contributed by atoms with E-state index in [2.05, 4.69) is 54.0 Å². The number of hydrogen-bond donors (Lipinski definition) is 2. The van der Waals surface area contributed by atoms with E-state index in [0.717, 1.165) is 34.8 Å². The summed E-state index contributed by atoms with van der Waals surface area (Å²) in [6, 6.07) is 5.83. The molecule has 0 saturated heterocycles. The molecule has 0 radical (unpaired) electrons. The first kappa shape index (κ1) is 20.5. The number of halogens is 1. The molecule has 0 unspecified atom stereocenters. The van der Waals surface area contributed by atoms with Crippen LogP contribution in [0.3, 0.4) is 0 Å². The molecule has 2 rings (SSSR count). The van der Waals surface area contributed by atoms with Crippen LogP contribution in [0.5, 0.6) is 0 Å². The number of aliphatic imine (C=N–C) groups is 1. The number of thiophene rings is 1. The standard InChI is InChI=1S/C18H26BrN5OS/c1-4-20-18(24(3)13-15-11-14(19)12-23(15)2)22-9-6-8-21-17(25)16-7-5-10-26-16/h5,7,10-12H,4,6,8-9,13H2,1-3H3,(H,20,22)(H,21,25). The summed E-state index contributed by atoms with van der Waals surface area (Å²) in [6.07, 6.45) is 2.85. The summed E-state index contributed by atoms with van der Waals surface area (Å²) in [4.78, 5) is 19.4. The number of nitrogens with one attached hydrogen (secondary N) is 2. The number of carbonyl (C=O) groups excluding carboxylic acids is 1. The lowest BCUT2D eigenvalue weighted by atomic mass is 10.4. The van der Waals surface area contributed by atoms with Crippen LogP contribution in [0.2, 0.25) is 0 Å². The fourth-order valence-corrected chi connectivity index (χ4v) is 3.68. The Hall–Kier alpha value is -1.80. The second-order valence-electron chi connectivity index (χ2n) is 5.94. The molecule has 0 bridgehead atoms. The fourth-order valence-electron chi connectivity index (χ4n) is 2.47. The molecular weight excluding hydrogens is 414 g/mol. The van der Waals surface area contributed by atoms with Gasteiger partial charge in [-0.3, -0.25) is 9.79 Å². The number of amides is 1. The molecule has 26 heavy (non-hydrogen) atoms. The molecule has 2 aromatic heterocycles. The molecule has 8 heteroatoms. The van der Waals surface area contributed by atoms with Crippen LogP contribution < -0.4 is 10.6 Å². The lowest BCUT2D eigenvalue weighted by Crippen LogP contribution is -2.39. The van der Waals surface area contributed by atoms with Gasteiger partial charge in [0.05, 0.1) is 11.4 Å². The van der Waals surface area contributed by atoms with Gasteiger partial charge in [0.2, 0.25) is 0 Å². The molecule has 0 fully saturated rings. The van der Waals surface area contributed by atoms with Crippen molar-refractivity contribution < 1.29 is 4.79 Å². The van der Waals surface area contributed by atoms with Crippen molar-refractivity contribution in [1.29, 1.82) is 0 Å². The topological polar surface area (TPSA) is 61.7 Å². The molecule has 0 aliphatic carbocycles. The molecule has 0 spiro atoms. The summed E-state index contributed by atoms with van der Waals surface area (Å²) in [6.45, 7) is 4.92. The normalized spacial score (nSPS) is 11.5. The Bertz CT molecular complexity index is 726. The van der Waals surface area contributed by atoms with E-state index in [9.17, 15) is 4.79 Å². The Morgan fingerprint density at radius 1 is 1.42 bits per heavy atom. The molecule has 0 atom stereocenters. The van der Waals surface area contributed by atoms with Crippen molar-refractivity contribution in [2.24, 2.45) is 12.0 Å². The zero-order valence-electron chi connectivity index (χ0n) is 15.5. The molecule has 0 saturated carbocycles. The third kappa shape index (κ3) is 6.17. The van der Waals surface area contributed by atoms with Gasteiger partial charge >= 0.3 is 0 Å². The second-order valence-corrected chi connectivity index (χ2v) is 7.80. The Labute approximate surface area is 167 Å². The first-order valence-electron chi connectivity index (χ1n) is 8.63. The SMILES string of the molecule is CCNC(=NCCCNC(=O)c1cccs1)N(C)Cc1cc(Br)cn1C. The molecule has 2 aromatic rings. The van der Waals surface area contributed by atoms with Gasteiger partial charge in [0, 0.05) is 50.1 Å². The number of hydrogen-bond acceptors (Lipinski definition) is 3. The highest BCUT2D eigenvalue weighted by atomic mass is 79.9. The minimum atomic E-state index is -0.0118. The first-order valence-corrected chi connectivity index (χ1v) is 10.3. The number of aryl methyl sites for hydroxylation is 1. The third-order valence-electron chi connectivity index (χ3n) is 3.80. The summed E-state index contributed by atoms with van der Waals surface area (Å²) in [5.74, 6) is 0.858. The van der Waals surface area contributed by atoms with Crippen LogP contribution in [0.15, 0.2) is 39.2 Å². The first-order chi connectivity index (χ1) is 12.5. The van der Waals surface area contributed by atoms with E-state index in [1.165, 1.54) is 17.0 Å². The molecule has 0 aliphatic rings. The maximum absolute atomic E-state index is 11.9. The molecule has 1 amide bonds. The smallest absolute Gasteiger partial charge is 0.261 e. The molecule has 0 aromatic carbocycles. The van der Waals surface area contributed by atoms with Gasteiger partial charge < -0.3 is 20.1 Å². The van der Waals surface area contributed by atoms with E-state index >= 15 is 0 Å². The van der Waals surface area contributed by atoms with Gasteiger partial charge in [-0.2, -0.15) is 0 Å². The molecule has 6 nitrogen and oxygen atoms in total. The van der Waals surface area contributed by atoms with Crippen LogP contribution in [0, 0.1) is 0 Å². The van der Waals surface area contributed by atoms with Crippen LogP contribution in [0.1, 0.15) is 28.7 Å². The predicted octanol–water partition coefficient (Wildman–Crippen LogP) is 3.07. The van der Waals surface area contributed by atoms with E-state index in [0.29, 0.717) is 13.1 Å². The van der Waals surface area contributed by atoms with Crippen molar-refractivity contribution in [2.45, 2.75) is 19.9 Å². The van der Waals surface area contributed by atoms with Gasteiger partial charge in [-0.05, 0) is 46.8 Å². The zero-order chi connectivity index (χ0) is 18.9. The number of carbonyl (C=O) groups is 1.